The Balaban J connectivity index is 2.11. The Labute approximate surface area is 59.0 Å². The summed E-state index contributed by atoms with van der Waals surface area (Å²) in [5.74, 6) is -0.379. The first-order chi connectivity index (χ1) is 4.70. The van der Waals surface area contributed by atoms with Crippen LogP contribution in [0.5, 0.6) is 0 Å². The van der Waals surface area contributed by atoms with E-state index in [0.717, 1.165) is 0 Å². The highest BCUT2D eigenvalue weighted by Gasteiger charge is 2.20. The summed E-state index contributed by atoms with van der Waals surface area (Å²) in [6.07, 6.45) is 0. The maximum atomic E-state index is 10.7. The number of nitrogens with zero attached hydrogens (tertiary/aromatic N) is 1. The molecule has 1 heterocycles. The normalized spacial score (nSPS) is 21.9. The maximum Gasteiger partial charge on any atom is 0.334 e. The van der Waals surface area contributed by atoms with Crippen molar-refractivity contribution in [2.75, 3.05) is 13.5 Å². The van der Waals surface area contributed by atoms with Crippen LogP contribution >= 0.6 is 0 Å². The second kappa shape index (κ2) is 2.81. The molecule has 0 aliphatic carbocycles. The Hall–Kier alpha value is -0.870. The second-order valence-corrected chi connectivity index (χ2v) is 2.08. The SMILES string of the molecule is C=C(C)C(=O)OCN1CO1. The lowest BCUT2D eigenvalue weighted by atomic mass is 10.4. The van der Waals surface area contributed by atoms with E-state index in [-0.39, 0.29) is 12.7 Å². The highest BCUT2D eigenvalue weighted by Crippen LogP contribution is 2.05. The fraction of sp³-hybridized carbons (Fsp3) is 0.500. The standard InChI is InChI=1S/C6H9NO3/c1-5(2)6(8)9-3-7-4-10-7/h1,3-4H2,2H3. The van der Waals surface area contributed by atoms with Gasteiger partial charge in [-0.25, -0.2) is 4.79 Å². The molecule has 0 spiro atoms. The number of carbonyl (C=O) groups is 1. The molecule has 1 fully saturated rings. The van der Waals surface area contributed by atoms with Crippen molar-refractivity contribution in [2.45, 2.75) is 6.92 Å². The summed E-state index contributed by atoms with van der Waals surface area (Å²) in [6, 6.07) is 0. The van der Waals surface area contributed by atoms with E-state index >= 15 is 0 Å². The number of carbonyl (C=O) groups excluding carboxylic acids is 1. The fourth-order valence-corrected chi connectivity index (χ4v) is 0.369. The molecular weight excluding hydrogens is 134 g/mol. The summed E-state index contributed by atoms with van der Waals surface area (Å²) in [7, 11) is 0. The zero-order valence-electron chi connectivity index (χ0n) is 5.79. The van der Waals surface area contributed by atoms with Crippen LogP contribution in [0.3, 0.4) is 0 Å². The molecule has 1 atom stereocenters. The van der Waals surface area contributed by atoms with Crippen LogP contribution in [0.1, 0.15) is 6.92 Å². The van der Waals surface area contributed by atoms with Gasteiger partial charge < -0.3 is 4.74 Å². The van der Waals surface area contributed by atoms with Crippen molar-refractivity contribution in [2.24, 2.45) is 0 Å². The molecule has 0 aromatic heterocycles. The van der Waals surface area contributed by atoms with E-state index in [1.807, 2.05) is 0 Å². The van der Waals surface area contributed by atoms with E-state index in [4.69, 9.17) is 0 Å². The van der Waals surface area contributed by atoms with E-state index in [9.17, 15) is 4.79 Å². The van der Waals surface area contributed by atoms with Crippen LogP contribution < -0.4 is 0 Å². The third-order valence-corrected chi connectivity index (χ3v) is 1.000. The van der Waals surface area contributed by atoms with Crippen molar-refractivity contribution in [1.82, 2.24) is 5.06 Å². The third kappa shape index (κ3) is 2.16. The molecule has 0 aromatic rings. The van der Waals surface area contributed by atoms with Gasteiger partial charge in [0.15, 0.2) is 6.73 Å². The first-order valence-electron chi connectivity index (χ1n) is 2.90. The third-order valence-electron chi connectivity index (χ3n) is 1.000. The van der Waals surface area contributed by atoms with Gasteiger partial charge in [0.05, 0.1) is 0 Å². The zero-order valence-corrected chi connectivity index (χ0v) is 5.79. The van der Waals surface area contributed by atoms with Gasteiger partial charge >= 0.3 is 5.97 Å². The summed E-state index contributed by atoms with van der Waals surface area (Å²) < 4.78 is 4.69. The minimum Gasteiger partial charge on any atom is -0.444 e. The van der Waals surface area contributed by atoms with Gasteiger partial charge in [0.1, 0.15) is 6.73 Å². The maximum absolute atomic E-state index is 10.7. The lowest BCUT2D eigenvalue weighted by molar-refractivity contribution is -0.144. The van der Waals surface area contributed by atoms with Crippen molar-refractivity contribution >= 4 is 5.97 Å². The second-order valence-electron chi connectivity index (χ2n) is 2.08. The first kappa shape index (κ1) is 7.24. The predicted molar refractivity (Wildman–Crippen MR) is 33.6 cm³/mol. The van der Waals surface area contributed by atoms with Gasteiger partial charge in [0.25, 0.3) is 0 Å². The first-order valence-corrected chi connectivity index (χ1v) is 2.90. The fourth-order valence-electron chi connectivity index (χ4n) is 0.369. The molecule has 0 aromatic carbocycles. The smallest absolute Gasteiger partial charge is 0.334 e. The number of hydrogen-bond donors (Lipinski definition) is 0. The summed E-state index contributed by atoms with van der Waals surface area (Å²) in [5.41, 5.74) is 0.404. The van der Waals surface area contributed by atoms with E-state index < -0.39 is 0 Å². The molecule has 56 valence electrons. The van der Waals surface area contributed by atoms with Gasteiger partial charge in [-0.1, -0.05) is 6.58 Å². The van der Waals surface area contributed by atoms with E-state index in [0.29, 0.717) is 12.3 Å². The molecule has 0 bridgehead atoms. The quantitative estimate of drug-likeness (QED) is 0.323. The number of ether oxygens (including phenoxy) is 1. The Morgan fingerprint density at radius 3 is 2.90 bits per heavy atom. The van der Waals surface area contributed by atoms with Crippen molar-refractivity contribution in [3.63, 3.8) is 0 Å². The molecule has 1 aliphatic heterocycles. The van der Waals surface area contributed by atoms with Crippen LogP contribution in [-0.4, -0.2) is 24.5 Å². The topological polar surface area (TPSA) is 41.8 Å². The molecule has 1 rings (SSSR count). The lowest BCUT2D eigenvalue weighted by Crippen LogP contribution is -2.11. The summed E-state index contributed by atoms with van der Waals surface area (Å²) in [6.45, 7) is 5.77. The van der Waals surface area contributed by atoms with Gasteiger partial charge in [-0.2, -0.15) is 0 Å². The van der Waals surface area contributed by atoms with Crippen LogP contribution in [0.15, 0.2) is 12.2 Å². The minimum absolute atomic E-state index is 0.200. The molecular formula is C6H9NO3. The largest absolute Gasteiger partial charge is 0.444 e. The number of esters is 1. The lowest BCUT2D eigenvalue weighted by Gasteiger charge is -2.00. The number of rotatable bonds is 3. The molecule has 10 heavy (non-hydrogen) atoms. The Bertz CT molecular complexity index is 162. The molecule has 4 nitrogen and oxygen atoms in total. The van der Waals surface area contributed by atoms with Crippen molar-refractivity contribution in [1.29, 1.82) is 0 Å². The van der Waals surface area contributed by atoms with Crippen LogP contribution in [0.4, 0.5) is 0 Å². The molecule has 0 N–H and O–H groups in total. The summed E-state index contributed by atoms with van der Waals surface area (Å²) in [4.78, 5) is 15.3. The molecule has 1 aliphatic rings. The van der Waals surface area contributed by atoms with E-state index in [2.05, 4.69) is 16.2 Å². The van der Waals surface area contributed by atoms with Gasteiger partial charge in [-0.05, 0) is 6.92 Å². The zero-order chi connectivity index (χ0) is 7.56. The molecule has 1 saturated heterocycles. The Kier molecular flexibility index (Phi) is 2.03. The molecule has 4 heteroatoms. The highest BCUT2D eigenvalue weighted by atomic mass is 16.8. The van der Waals surface area contributed by atoms with Gasteiger partial charge in [-0.15, -0.1) is 5.06 Å². The van der Waals surface area contributed by atoms with E-state index in [1.165, 1.54) is 5.06 Å². The van der Waals surface area contributed by atoms with E-state index in [1.54, 1.807) is 6.92 Å². The Morgan fingerprint density at radius 1 is 1.90 bits per heavy atom. The van der Waals surface area contributed by atoms with Crippen molar-refractivity contribution < 1.29 is 14.4 Å². The predicted octanol–water partition coefficient (Wildman–Crippen LogP) is 0.268. The molecule has 0 radical (unpaired) electrons. The summed E-state index contributed by atoms with van der Waals surface area (Å²) >= 11 is 0. The van der Waals surface area contributed by atoms with Gasteiger partial charge in [-0.3, -0.25) is 4.84 Å². The molecule has 0 saturated carbocycles. The van der Waals surface area contributed by atoms with Crippen LogP contribution in [0.2, 0.25) is 0 Å². The van der Waals surface area contributed by atoms with Crippen LogP contribution in [-0.2, 0) is 14.4 Å². The summed E-state index contributed by atoms with van der Waals surface area (Å²) in [5, 5.41) is 1.51. The van der Waals surface area contributed by atoms with Crippen molar-refractivity contribution in [3.8, 4) is 0 Å². The number of hydrogen-bond acceptors (Lipinski definition) is 4. The molecule has 0 amide bonds. The molecule has 1 unspecified atom stereocenters. The minimum atomic E-state index is -0.379. The number of hydroxylamine groups is 2. The van der Waals surface area contributed by atoms with Crippen molar-refractivity contribution in [3.05, 3.63) is 12.2 Å². The van der Waals surface area contributed by atoms with Gasteiger partial charge in [0, 0.05) is 5.57 Å². The highest BCUT2D eigenvalue weighted by molar-refractivity contribution is 5.86. The van der Waals surface area contributed by atoms with Crippen LogP contribution in [0, 0.1) is 0 Å². The Morgan fingerprint density at radius 2 is 2.50 bits per heavy atom. The monoisotopic (exact) mass is 143 g/mol. The van der Waals surface area contributed by atoms with Gasteiger partial charge in [0.2, 0.25) is 0 Å². The van der Waals surface area contributed by atoms with Crippen LogP contribution in [0.25, 0.3) is 0 Å². The average Bonchev–Trinajstić information content (AvgIpc) is 2.64. The average molecular weight is 143 g/mol.